The molecule has 0 N–H and O–H groups in total. The first kappa shape index (κ1) is 46.1. The minimum atomic E-state index is -1.70. The zero-order valence-electron chi connectivity index (χ0n) is 34.1. The maximum atomic E-state index is 13.3. The van der Waals surface area contributed by atoms with Crippen LogP contribution >= 0.6 is 22.6 Å². The topological polar surface area (TPSA) is 78.9 Å². The smallest absolute Gasteiger partial charge is 0.338 e. The monoisotopic (exact) mass is 884 g/mol. The van der Waals surface area contributed by atoms with Gasteiger partial charge in [-0.25, -0.2) is 14.4 Å². The molecule has 0 aliphatic rings. The van der Waals surface area contributed by atoms with Gasteiger partial charge >= 0.3 is 17.9 Å². The van der Waals surface area contributed by atoms with E-state index >= 15 is 0 Å². The van der Waals surface area contributed by atoms with Crippen molar-refractivity contribution in [2.45, 2.75) is 117 Å². The summed E-state index contributed by atoms with van der Waals surface area (Å²) in [5.74, 6) is 14.8. The molecule has 56 heavy (non-hydrogen) atoms. The average Bonchev–Trinajstić information content (AvgIpc) is 3.17. The lowest BCUT2D eigenvalue weighted by atomic mass is 10.0. The fourth-order valence-electron chi connectivity index (χ4n) is 5.44. The molecule has 0 bridgehead atoms. The molecule has 6 nitrogen and oxygen atoms in total. The molecule has 0 saturated carbocycles. The van der Waals surface area contributed by atoms with Crippen LogP contribution < -0.4 is 0 Å². The first-order chi connectivity index (χ1) is 26.9. The van der Waals surface area contributed by atoms with Crippen molar-refractivity contribution >= 4 is 48.6 Å². The molecule has 0 unspecified atom stereocenters. The van der Waals surface area contributed by atoms with Gasteiger partial charge < -0.3 is 14.2 Å². The van der Waals surface area contributed by atoms with Gasteiger partial charge in [-0.2, -0.15) is 0 Å². The van der Waals surface area contributed by atoms with Crippen LogP contribution in [0.5, 0.6) is 0 Å². The zero-order chi connectivity index (χ0) is 40.8. The van der Waals surface area contributed by atoms with Crippen molar-refractivity contribution in [2.75, 3.05) is 19.8 Å². The highest BCUT2D eigenvalue weighted by Gasteiger charge is 2.13. The predicted octanol–water partition coefficient (Wildman–Crippen LogP) is 11.5. The number of unbranched alkanes of at least 4 members (excludes halogenated alkanes) is 9. The molecule has 0 amide bonds. The maximum Gasteiger partial charge on any atom is 0.338 e. The minimum absolute atomic E-state index is 0.332. The maximum absolute atomic E-state index is 13.3. The first-order valence-corrected chi connectivity index (χ1v) is 24.7. The Morgan fingerprint density at radius 2 is 0.786 bits per heavy atom. The Kier molecular flexibility index (Phi) is 20.6. The van der Waals surface area contributed by atoms with Crippen molar-refractivity contribution < 1.29 is 28.6 Å². The summed E-state index contributed by atoms with van der Waals surface area (Å²) < 4.78 is 17.6. The molecular formula is C48H57IO6Si. The van der Waals surface area contributed by atoms with Crippen molar-refractivity contribution in [1.82, 2.24) is 0 Å². The molecule has 3 rings (SSSR count). The number of halogens is 1. The molecule has 0 saturated heterocycles. The third-order valence-corrected chi connectivity index (χ3v) is 9.95. The standard InChI is InChI=1S/C48H57IO6Si/c1-7-10-13-16-24-53-46(50)42-30-37(28-38(31-42)21-22-40-33-44(36-45(49)35-40)48(52)55-26-18-15-12-9-3)19-20-39-29-41(23-27-56(4,5)6)34-43(32-39)47(51)54-25-17-14-11-8-2/h28-36H,7-18,24-26H2,1-6H3. The number of carbonyl (C=O) groups is 3. The van der Waals surface area contributed by atoms with E-state index in [1.807, 2.05) is 18.2 Å². The summed E-state index contributed by atoms with van der Waals surface area (Å²) in [5.41, 5.74) is 7.63. The number of carbonyl (C=O) groups excluding carboxylic acids is 3. The van der Waals surface area contributed by atoms with Crippen LogP contribution in [0.25, 0.3) is 0 Å². The lowest BCUT2D eigenvalue weighted by Crippen LogP contribution is -2.16. The minimum Gasteiger partial charge on any atom is -0.462 e. The zero-order valence-corrected chi connectivity index (χ0v) is 37.3. The Balaban J connectivity index is 1.99. The Labute approximate surface area is 350 Å². The largest absolute Gasteiger partial charge is 0.462 e. The van der Waals surface area contributed by atoms with Crippen molar-refractivity contribution in [1.29, 1.82) is 0 Å². The van der Waals surface area contributed by atoms with Gasteiger partial charge in [-0.05, 0) is 96.5 Å². The number of esters is 3. The average molecular weight is 885 g/mol. The van der Waals surface area contributed by atoms with Crippen molar-refractivity contribution in [3.8, 4) is 35.1 Å². The van der Waals surface area contributed by atoms with E-state index in [-0.39, 0.29) is 5.97 Å². The van der Waals surface area contributed by atoms with E-state index in [4.69, 9.17) is 14.2 Å². The molecule has 0 aliphatic heterocycles. The van der Waals surface area contributed by atoms with E-state index in [0.717, 1.165) is 80.6 Å². The van der Waals surface area contributed by atoms with E-state index < -0.39 is 20.0 Å². The summed E-state index contributed by atoms with van der Waals surface area (Å²) in [4.78, 5) is 39.2. The van der Waals surface area contributed by atoms with Crippen LogP contribution in [0.3, 0.4) is 0 Å². The van der Waals surface area contributed by atoms with Gasteiger partial charge in [0.2, 0.25) is 0 Å². The van der Waals surface area contributed by atoms with Crippen LogP contribution in [0.4, 0.5) is 0 Å². The van der Waals surface area contributed by atoms with Gasteiger partial charge in [-0.3, -0.25) is 0 Å². The molecule has 0 aliphatic carbocycles. The second kappa shape index (κ2) is 25.1. The fourth-order valence-corrected chi connectivity index (χ4v) is 6.63. The van der Waals surface area contributed by atoms with Crippen LogP contribution in [-0.4, -0.2) is 45.8 Å². The molecular weight excluding hydrogens is 828 g/mol. The third kappa shape index (κ3) is 18.1. The summed E-state index contributed by atoms with van der Waals surface area (Å²) in [7, 11) is -1.70. The number of ether oxygens (including phenoxy) is 3. The molecule has 3 aromatic rings. The second-order valence-corrected chi connectivity index (χ2v) is 20.9. The van der Waals surface area contributed by atoms with Crippen molar-refractivity contribution in [3.05, 3.63) is 103 Å². The van der Waals surface area contributed by atoms with Gasteiger partial charge in [0, 0.05) is 31.4 Å². The van der Waals surface area contributed by atoms with E-state index in [1.165, 1.54) is 0 Å². The molecule has 0 heterocycles. The molecule has 0 aromatic heterocycles. The Morgan fingerprint density at radius 3 is 1.12 bits per heavy atom. The fraction of sp³-hybridized carbons (Fsp3) is 0.438. The highest BCUT2D eigenvalue weighted by Crippen LogP contribution is 2.17. The molecule has 0 radical (unpaired) electrons. The van der Waals surface area contributed by atoms with Crippen LogP contribution in [0.15, 0.2) is 54.6 Å². The van der Waals surface area contributed by atoms with Crippen LogP contribution in [0.2, 0.25) is 19.6 Å². The molecule has 0 atom stereocenters. The van der Waals surface area contributed by atoms with E-state index in [9.17, 15) is 14.4 Å². The van der Waals surface area contributed by atoms with Crippen molar-refractivity contribution in [2.24, 2.45) is 0 Å². The summed E-state index contributed by atoms with van der Waals surface area (Å²) in [6, 6.07) is 16.0. The lowest BCUT2D eigenvalue weighted by Gasteiger charge is -2.07. The number of benzene rings is 3. The second-order valence-electron chi connectivity index (χ2n) is 14.9. The first-order valence-electron chi connectivity index (χ1n) is 20.1. The number of hydrogen-bond acceptors (Lipinski definition) is 6. The third-order valence-electron chi connectivity index (χ3n) is 8.45. The van der Waals surface area contributed by atoms with Gasteiger partial charge in [0.15, 0.2) is 0 Å². The normalized spacial score (nSPS) is 10.6. The number of rotatable bonds is 18. The Morgan fingerprint density at radius 1 is 0.464 bits per heavy atom. The SMILES string of the molecule is CCCCCCOC(=O)c1cc(I)cc(C#Cc2cc(C#Cc3cc(C#C[Si](C)(C)C)cc(C(=O)OCCCCCC)c3)cc(C(=O)OCCCCCC)c2)c1. The van der Waals surface area contributed by atoms with Crippen LogP contribution in [-0.2, 0) is 14.2 Å². The summed E-state index contributed by atoms with van der Waals surface area (Å²) >= 11 is 2.17. The van der Waals surface area contributed by atoms with Gasteiger partial charge in [-0.1, -0.05) is 128 Å². The van der Waals surface area contributed by atoms with E-state index in [0.29, 0.717) is 64.3 Å². The molecule has 0 spiro atoms. The summed E-state index contributed by atoms with van der Waals surface area (Å²) in [6.07, 6.45) is 12.1. The van der Waals surface area contributed by atoms with Gasteiger partial charge in [0.25, 0.3) is 0 Å². The van der Waals surface area contributed by atoms with E-state index in [2.05, 4.69) is 98.1 Å². The Bertz CT molecular complexity index is 1980. The molecule has 0 fully saturated rings. The predicted molar refractivity (Wildman–Crippen MR) is 238 cm³/mol. The summed E-state index contributed by atoms with van der Waals surface area (Å²) in [5, 5.41) is 0. The van der Waals surface area contributed by atoms with Crippen LogP contribution in [0, 0.1) is 38.7 Å². The van der Waals surface area contributed by atoms with Crippen LogP contribution in [0.1, 0.15) is 157 Å². The Hall–Kier alpha value is -4.30. The molecule has 296 valence electrons. The van der Waals surface area contributed by atoms with Crippen molar-refractivity contribution in [3.63, 3.8) is 0 Å². The quantitative estimate of drug-likeness (QED) is 0.0316. The lowest BCUT2D eigenvalue weighted by molar-refractivity contribution is 0.0488. The van der Waals surface area contributed by atoms with Gasteiger partial charge in [0.05, 0.1) is 36.5 Å². The summed E-state index contributed by atoms with van der Waals surface area (Å²) in [6.45, 7) is 14.0. The van der Waals surface area contributed by atoms with Gasteiger partial charge in [0.1, 0.15) is 8.07 Å². The van der Waals surface area contributed by atoms with Gasteiger partial charge in [-0.15, -0.1) is 5.54 Å². The molecule has 3 aromatic carbocycles. The highest BCUT2D eigenvalue weighted by atomic mass is 127. The van der Waals surface area contributed by atoms with E-state index in [1.54, 1.807) is 36.4 Å². The number of hydrogen-bond donors (Lipinski definition) is 0. The highest BCUT2D eigenvalue weighted by molar-refractivity contribution is 14.1. The molecule has 8 heteroatoms.